The van der Waals surface area contributed by atoms with Crippen molar-refractivity contribution in [1.82, 2.24) is 10.2 Å². The molecule has 0 bridgehead atoms. The van der Waals surface area contributed by atoms with Gasteiger partial charge in [-0.15, -0.1) is 0 Å². The molecule has 0 amide bonds. The second kappa shape index (κ2) is 4.83. The number of nitrogens with one attached hydrogen (secondary N) is 1. The Balaban J connectivity index is 2.46. The highest BCUT2D eigenvalue weighted by Crippen LogP contribution is 2.10. The zero-order chi connectivity index (χ0) is 8.97. The van der Waals surface area contributed by atoms with Gasteiger partial charge in [0.15, 0.2) is 0 Å². The van der Waals surface area contributed by atoms with Crippen molar-refractivity contribution in [2.45, 2.75) is 45.7 Å². The van der Waals surface area contributed by atoms with E-state index >= 15 is 0 Å². The minimum Gasteiger partial charge on any atom is -0.315 e. The summed E-state index contributed by atoms with van der Waals surface area (Å²) in [5, 5.41) is 3.46. The van der Waals surface area contributed by atoms with Gasteiger partial charge >= 0.3 is 0 Å². The van der Waals surface area contributed by atoms with E-state index in [9.17, 15) is 0 Å². The van der Waals surface area contributed by atoms with Crippen molar-refractivity contribution < 1.29 is 0 Å². The van der Waals surface area contributed by atoms with Crippen LogP contribution in [0.15, 0.2) is 0 Å². The first-order valence-corrected chi connectivity index (χ1v) is 5.22. The third-order valence-electron chi connectivity index (χ3n) is 2.93. The van der Waals surface area contributed by atoms with Gasteiger partial charge in [-0.05, 0) is 39.8 Å². The van der Waals surface area contributed by atoms with Crippen molar-refractivity contribution in [2.75, 3.05) is 19.6 Å². The van der Waals surface area contributed by atoms with Crippen LogP contribution in [0.1, 0.15) is 33.6 Å². The molecule has 1 N–H and O–H groups in total. The lowest BCUT2D eigenvalue weighted by Crippen LogP contribution is -2.42. The summed E-state index contributed by atoms with van der Waals surface area (Å²) >= 11 is 0. The zero-order valence-corrected chi connectivity index (χ0v) is 8.64. The Bertz CT molecular complexity index is 125. The summed E-state index contributed by atoms with van der Waals surface area (Å²) in [7, 11) is 0. The van der Waals surface area contributed by atoms with E-state index in [2.05, 4.69) is 31.0 Å². The first-order chi connectivity index (χ1) is 5.75. The van der Waals surface area contributed by atoms with Gasteiger partial charge in [-0.3, -0.25) is 4.90 Å². The van der Waals surface area contributed by atoms with Crippen molar-refractivity contribution >= 4 is 0 Å². The minimum absolute atomic E-state index is 0.711. The molecule has 0 saturated carbocycles. The minimum atomic E-state index is 0.711. The fourth-order valence-electron chi connectivity index (χ4n) is 1.92. The highest BCUT2D eigenvalue weighted by molar-refractivity contribution is 4.77. The highest BCUT2D eigenvalue weighted by atomic mass is 15.2. The van der Waals surface area contributed by atoms with E-state index in [0.717, 1.165) is 12.6 Å². The fourth-order valence-corrected chi connectivity index (χ4v) is 1.92. The maximum absolute atomic E-state index is 3.46. The first kappa shape index (κ1) is 10.0. The van der Waals surface area contributed by atoms with Gasteiger partial charge in [0, 0.05) is 18.6 Å². The third-order valence-corrected chi connectivity index (χ3v) is 2.93. The van der Waals surface area contributed by atoms with Gasteiger partial charge in [0.25, 0.3) is 0 Å². The second-order valence-electron chi connectivity index (χ2n) is 3.90. The van der Waals surface area contributed by atoms with E-state index in [0.29, 0.717) is 6.04 Å². The first-order valence-electron chi connectivity index (χ1n) is 5.22. The Labute approximate surface area is 76.3 Å². The molecule has 2 nitrogen and oxygen atoms in total. The standard InChI is InChI=1S/C10H22N2/c1-4-9(2)12-7-5-6-11-8-10(12)3/h9-11H,4-8H2,1-3H3. The molecule has 0 aliphatic carbocycles. The Morgan fingerprint density at radius 1 is 1.58 bits per heavy atom. The van der Waals surface area contributed by atoms with Crippen LogP contribution in [-0.4, -0.2) is 36.6 Å². The molecule has 2 heteroatoms. The number of rotatable bonds is 2. The van der Waals surface area contributed by atoms with E-state index in [1.165, 1.54) is 25.9 Å². The molecule has 1 aliphatic heterocycles. The molecule has 1 aliphatic rings. The molecular weight excluding hydrogens is 148 g/mol. The average Bonchev–Trinajstić information content (AvgIpc) is 2.28. The summed E-state index contributed by atoms with van der Waals surface area (Å²) in [5.41, 5.74) is 0. The van der Waals surface area contributed by atoms with Crippen molar-refractivity contribution in [3.63, 3.8) is 0 Å². The Morgan fingerprint density at radius 2 is 2.33 bits per heavy atom. The lowest BCUT2D eigenvalue weighted by Gasteiger charge is -2.32. The molecule has 12 heavy (non-hydrogen) atoms. The van der Waals surface area contributed by atoms with Crippen molar-refractivity contribution in [1.29, 1.82) is 0 Å². The predicted molar refractivity (Wildman–Crippen MR) is 53.4 cm³/mol. The maximum Gasteiger partial charge on any atom is 0.0195 e. The van der Waals surface area contributed by atoms with Crippen molar-refractivity contribution in [3.8, 4) is 0 Å². The molecule has 0 aromatic rings. The molecule has 0 radical (unpaired) electrons. The van der Waals surface area contributed by atoms with Crippen molar-refractivity contribution in [2.24, 2.45) is 0 Å². The monoisotopic (exact) mass is 170 g/mol. The quantitative estimate of drug-likeness (QED) is 0.675. The zero-order valence-electron chi connectivity index (χ0n) is 8.64. The van der Waals surface area contributed by atoms with Crippen LogP contribution in [0.2, 0.25) is 0 Å². The summed E-state index contributed by atoms with van der Waals surface area (Å²) in [5.74, 6) is 0. The topological polar surface area (TPSA) is 15.3 Å². The van der Waals surface area contributed by atoms with Crippen molar-refractivity contribution in [3.05, 3.63) is 0 Å². The highest BCUT2D eigenvalue weighted by Gasteiger charge is 2.19. The average molecular weight is 170 g/mol. The Kier molecular flexibility index (Phi) is 4.02. The van der Waals surface area contributed by atoms with Gasteiger partial charge in [0.1, 0.15) is 0 Å². The summed E-state index contributed by atoms with van der Waals surface area (Å²) in [6.45, 7) is 10.5. The maximum atomic E-state index is 3.46. The summed E-state index contributed by atoms with van der Waals surface area (Å²) in [6.07, 6.45) is 2.57. The Morgan fingerprint density at radius 3 is 3.00 bits per heavy atom. The second-order valence-corrected chi connectivity index (χ2v) is 3.90. The number of hydrogen-bond donors (Lipinski definition) is 1. The molecule has 1 heterocycles. The molecule has 0 aromatic carbocycles. The van der Waals surface area contributed by atoms with Crippen LogP contribution < -0.4 is 5.32 Å². The van der Waals surface area contributed by atoms with Gasteiger partial charge in [-0.2, -0.15) is 0 Å². The fraction of sp³-hybridized carbons (Fsp3) is 1.00. The van der Waals surface area contributed by atoms with Gasteiger partial charge in [0.05, 0.1) is 0 Å². The third kappa shape index (κ3) is 2.46. The van der Waals surface area contributed by atoms with Gasteiger partial charge in [0.2, 0.25) is 0 Å². The molecule has 1 rings (SSSR count). The smallest absolute Gasteiger partial charge is 0.0195 e. The SMILES string of the molecule is CCC(C)N1CCCNCC1C. The van der Waals surface area contributed by atoms with Gasteiger partial charge in [-0.25, -0.2) is 0 Å². The molecule has 1 fully saturated rings. The van der Waals surface area contributed by atoms with E-state index in [-0.39, 0.29) is 0 Å². The van der Waals surface area contributed by atoms with Crippen LogP contribution >= 0.6 is 0 Å². The van der Waals surface area contributed by atoms with Crippen LogP contribution in [-0.2, 0) is 0 Å². The van der Waals surface area contributed by atoms with Gasteiger partial charge < -0.3 is 5.32 Å². The molecule has 0 aromatic heterocycles. The molecule has 2 atom stereocenters. The lowest BCUT2D eigenvalue weighted by molar-refractivity contribution is 0.161. The Hall–Kier alpha value is -0.0800. The largest absolute Gasteiger partial charge is 0.315 e. The lowest BCUT2D eigenvalue weighted by atomic mass is 10.1. The molecule has 72 valence electrons. The summed E-state index contributed by atoms with van der Waals surface area (Å²) in [4.78, 5) is 2.62. The number of hydrogen-bond acceptors (Lipinski definition) is 2. The van der Waals surface area contributed by atoms with E-state index < -0.39 is 0 Å². The van der Waals surface area contributed by atoms with Crippen LogP contribution in [0.25, 0.3) is 0 Å². The van der Waals surface area contributed by atoms with Crippen LogP contribution in [0.3, 0.4) is 0 Å². The van der Waals surface area contributed by atoms with E-state index in [4.69, 9.17) is 0 Å². The van der Waals surface area contributed by atoms with Crippen LogP contribution in [0, 0.1) is 0 Å². The summed E-state index contributed by atoms with van der Waals surface area (Å²) in [6, 6.07) is 1.46. The molecule has 0 spiro atoms. The summed E-state index contributed by atoms with van der Waals surface area (Å²) < 4.78 is 0. The van der Waals surface area contributed by atoms with E-state index in [1.807, 2.05) is 0 Å². The van der Waals surface area contributed by atoms with Crippen LogP contribution in [0.5, 0.6) is 0 Å². The molecule has 1 saturated heterocycles. The van der Waals surface area contributed by atoms with Crippen LogP contribution in [0.4, 0.5) is 0 Å². The predicted octanol–water partition coefficient (Wildman–Crippen LogP) is 1.47. The van der Waals surface area contributed by atoms with E-state index in [1.54, 1.807) is 0 Å². The normalized spacial score (nSPS) is 29.8. The molecule has 2 unspecified atom stereocenters. The van der Waals surface area contributed by atoms with Gasteiger partial charge in [-0.1, -0.05) is 6.92 Å². The molecular formula is C10H22N2. The number of nitrogens with zero attached hydrogens (tertiary/aromatic N) is 1.